The molecule has 2 aliphatic rings. The molecule has 0 aliphatic heterocycles. The van der Waals surface area contributed by atoms with Crippen molar-refractivity contribution in [2.45, 2.75) is 71.1 Å². The van der Waals surface area contributed by atoms with Gasteiger partial charge in [-0.3, -0.25) is 0 Å². The Balaban J connectivity index is 1.71. The average Bonchev–Trinajstić information content (AvgIpc) is 2.23. The van der Waals surface area contributed by atoms with Gasteiger partial charge in [0.15, 0.2) is 0 Å². The number of hydrogen-bond donors (Lipinski definition) is 2. The van der Waals surface area contributed by atoms with Gasteiger partial charge in [-0.25, -0.2) is 0 Å². The third kappa shape index (κ3) is 2.59. The number of nitrogens with one attached hydrogen (secondary N) is 1. The van der Waals surface area contributed by atoms with E-state index in [1.54, 1.807) is 0 Å². The first kappa shape index (κ1) is 14.3. The molecule has 0 amide bonds. The Hall–Kier alpha value is -0.120. The molecule has 2 fully saturated rings. The van der Waals surface area contributed by atoms with Crippen molar-refractivity contribution in [3.8, 4) is 0 Å². The molecule has 2 N–H and O–H groups in total. The van der Waals surface area contributed by atoms with E-state index in [4.69, 9.17) is 4.74 Å². The van der Waals surface area contributed by atoms with Crippen molar-refractivity contribution < 1.29 is 9.84 Å². The van der Waals surface area contributed by atoms with Crippen molar-refractivity contribution in [3.05, 3.63) is 0 Å². The van der Waals surface area contributed by atoms with Crippen LogP contribution in [-0.2, 0) is 4.74 Å². The largest absolute Gasteiger partial charge is 0.393 e. The zero-order valence-corrected chi connectivity index (χ0v) is 12.1. The number of aliphatic hydroxyl groups excluding tert-OH is 1. The SMILES string of the molecule is CCOC1CC(NCCC(O)C(C)C)C12CCC2. The fourth-order valence-corrected chi connectivity index (χ4v) is 3.46. The fraction of sp³-hybridized carbons (Fsp3) is 1.00. The van der Waals surface area contributed by atoms with Crippen LogP contribution in [0.1, 0.15) is 52.9 Å². The zero-order valence-electron chi connectivity index (χ0n) is 12.1. The first-order valence-electron chi connectivity index (χ1n) is 7.63. The van der Waals surface area contributed by atoms with E-state index >= 15 is 0 Å². The van der Waals surface area contributed by atoms with Crippen LogP contribution < -0.4 is 5.32 Å². The number of ether oxygens (including phenoxy) is 1. The summed E-state index contributed by atoms with van der Waals surface area (Å²) in [6, 6.07) is 0.627. The Bertz CT molecular complexity index is 263. The molecule has 3 unspecified atom stereocenters. The zero-order chi connectivity index (χ0) is 13.2. The number of aliphatic hydroxyl groups is 1. The Morgan fingerprint density at radius 3 is 2.61 bits per heavy atom. The van der Waals surface area contributed by atoms with Gasteiger partial charge in [-0.2, -0.15) is 0 Å². The molecular weight excluding hydrogens is 226 g/mol. The Labute approximate surface area is 111 Å². The highest BCUT2D eigenvalue weighted by molar-refractivity contribution is 5.12. The van der Waals surface area contributed by atoms with Gasteiger partial charge in [0, 0.05) is 18.1 Å². The van der Waals surface area contributed by atoms with Gasteiger partial charge >= 0.3 is 0 Å². The van der Waals surface area contributed by atoms with E-state index in [0.29, 0.717) is 23.5 Å². The van der Waals surface area contributed by atoms with E-state index in [9.17, 15) is 5.11 Å². The van der Waals surface area contributed by atoms with Gasteiger partial charge in [0.2, 0.25) is 0 Å². The summed E-state index contributed by atoms with van der Waals surface area (Å²) < 4.78 is 5.84. The maximum Gasteiger partial charge on any atom is 0.0661 e. The highest BCUT2D eigenvalue weighted by atomic mass is 16.5. The van der Waals surface area contributed by atoms with Crippen LogP contribution in [0.2, 0.25) is 0 Å². The standard InChI is InChI=1S/C15H29NO2/c1-4-18-14-10-13(15(14)7-5-8-15)16-9-6-12(17)11(2)3/h11-14,16-17H,4-10H2,1-3H3. The summed E-state index contributed by atoms with van der Waals surface area (Å²) in [6.45, 7) is 8.01. The van der Waals surface area contributed by atoms with E-state index in [-0.39, 0.29) is 6.10 Å². The predicted octanol–water partition coefficient (Wildman–Crippen LogP) is 2.33. The monoisotopic (exact) mass is 255 g/mol. The van der Waals surface area contributed by atoms with Gasteiger partial charge in [-0.05, 0) is 45.1 Å². The average molecular weight is 255 g/mol. The summed E-state index contributed by atoms with van der Waals surface area (Å²) in [4.78, 5) is 0. The molecule has 18 heavy (non-hydrogen) atoms. The molecule has 1 spiro atoms. The van der Waals surface area contributed by atoms with Crippen LogP contribution in [0.15, 0.2) is 0 Å². The molecule has 0 bridgehead atoms. The number of hydrogen-bond acceptors (Lipinski definition) is 3. The van der Waals surface area contributed by atoms with Crippen molar-refractivity contribution in [1.29, 1.82) is 0 Å². The molecule has 2 aliphatic carbocycles. The number of rotatable bonds is 7. The molecule has 0 radical (unpaired) electrons. The summed E-state index contributed by atoms with van der Waals surface area (Å²) in [5.74, 6) is 0.363. The molecule has 2 rings (SSSR count). The molecule has 106 valence electrons. The van der Waals surface area contributed by atoms with Crippen molar-refractivity contribution in [1.82, 2.24) is 5.32 Å². The predicted molar refractivity (Wildman–Crippen MR) is 73.6 cm³/mol. The molecule has 3 heteroatoms. The lowest BCUT2D eigenvalue weighted by atomic mass is 9.51. The van der Waals surface area contributed by atoms with Crippen LogP contribution in [0.5, 0.6) is 0 Å². The van der Waals surface area contributed by atoms with Gasteiger partial charge in [0.25, 0.3) is 0 Å². The lowest BCUT2D eigenvalue weighted by Gasteiger charge is -2.61. The van der Waals surface area contributed by atoms with Gasteiger partial charge in [0.05, 0.1) is 12.2 Å². The minimum Gasteiger partial charge on any atom is -0.393 e. The molecule has 0 aromatic heterocycles. The Kier molecular flexibility index (Phi) is 4.68. The molecule has 0 aromatic rings. The van der Waals surface area contributed by atoms with E-state index < -0.39 is 0 Å². The Morgan fingerprint density at radius 2 is 2.11 bits per heavy atom. The normalized spacial score (nSPS) is 31.2. The molecule has 0 heterocycles. The van der Waals surface area contributed by atoms with Gasteiger partial charge in [-0.1, -0.05) is 20.3 Å². The molecule has 3 atom stereocenters. The topological polar surface area (TPSA) is 41.5 Å². The lowest BCUT2D eigenvalue weighted by Crippen LogP contribution is -2.67. The van der Waals surface area contributed by atoms with Crippen molar-refractivity contribution in [3.63, 3.8) is 0 Å². The van der Waals surface area contributed by atoms with Crippen LogP contribution in [0, 0.1) is 11.3 Å². The molecule has 0 aromatic carbocycles. The second kappa shape index (κ2) is 5.89. The molecule has 2 saturated carbocycles. The highest BCUT2D eigenvalue weighted by Crippen LogP contribution is 2.57. The van der Waals surface area contributed by atoms with E-state index in [1.807, 2.05) is 0 Å². The van der Waals surface area contributed by atoms with Crippen molar-refractivity contribution in [2.75, 3.05) is 13.2 Å². The van der Waals surface area contributed by atoms with E-state index in [2.05, 4.69) is 26.1 Å². The van der Waals surface area contributed by atoms with Crippen LogP contribution >= 0.6 is 0 Å². The first-order chi connectivity index (χ1) is 8.60. The van der Waals surface area contributed by atoms with Crippen LogP contribution in [-0.4, -0.2) is 36.5 Å². The maximum absolute atomic E-state index is 9.80. The van der Waals surface area contributed by atoms with Crippen LogP contribution in [0.4, 0.5) is 0 Å². The van der Waals surface area contributed by atoms with Crippen molar-refractivity contribution in [2.24, 2.45) is 11.3 Å². The Morgan fingerprint density at radius 1 is 1.39 bits per heavy atom. The molecule has 0 saturated heterocycles. The molecule has 3 nitrogen and oxygen atoms in total. The summed E-state index contributed by atoms with van der Waals surface area (Å²) in [5, 5.41) is 13.4. The molecular formula is C15H29NO2. The van der Waals surface area contributed by atoms with E-state index in [1.165, 1.54) is 19.3 Å². The van der Waals surface area contributed by atoms with Crippen LogP contribution in [0.3, 0.4) is 0 Å². The maximum atomic E-state index is 9.80. The quantitative estimate of drug-likeness (QED) is 0.733. The summed E-state index contributed by atoms with van der Waals surface area (Å²) >= 11 is 0. The van der Waals surface area contributed by atoms with Crippen LogP contribution in [0.25, 0.3) is 0 Å². The summed E-state index contributed by atoms with van der Waals surface area (Å²) in [6.07, 6.45) is 6.34. The fourth-order valence-electron chi connectivity index (χ4n) is 3.46. The smallest absolute Gasteiger partial charge is 0.0661 e. The van der Waals surface area contributed by atoms with Crippen molar-refractivity contribution >= 4 is 0 Å². The second-order valence-corrected chi connectivity index (χ2v) is 6.37. The minimum atomic E-state index is -0.169. The van der Waals surface area contributed by atoms with Gasteiger partial charge in [-0.15, -0.1) is 0 Å². The summed E-state index contributed by atoms with van der Waals surface area (Å²) in [7, 11) is 0. The third-order valence-electron chi connectivity index (χ3n) is 5.04. The van der Waals surface area contributed by atoms with Gasteiger partial charge in [0.1, 0.15) is 0 Å². The van der Waals surface area contributed by atoms with Gasteiger partial charge < -0.3 is 15.2 Å². The minimum absolute atomic E-state index is 0.169. The van der Waals surface area contributed by atoms with E-state index in [0.717, 1.165) is 26.0 Å². The lowest BCUT2D eigenvalue weighted by molar-refractivity contribution is -0.172. The highest BCUT2D eigenvalue weighted by Gasteiger charge is 2.58. The third-order valence-corrected chi connectivity index (χ3v) is 5.04. The first-order valence-corrected chi connectivity index (χ1v) is 7.63. The summed E-state index contributed by atoms with van der Waals surface area (Å²) in [5.41, 5.74) is 0.443. The second-order valence-electron chi connectivity index (χ2n) is 6.37.